The summed E-state index contributed by atoms with van der Waals surface area (Å²) in [6, 6.07) is 0. The van der Waals surface area contributed by atoms with Crippen molar-refractivity contribution in [2.75, 3.05) is 7.11 Å². The Bertz CT molecular complexity index is 527. The molecule has 0 spiro atoms. The minimum Gasteiger partial charge on any atom is -0.487 e. The number of hydrogen-bond acceptors (Lipinski definition) is 4. The standard InChI is InChI=1S/C12H13NOS2/c1-3-9-8-5-4-7-6-13-16-11(7)10(8)12(14-2)15-9/h6H,3-5H2,1-2H3. The zero-order valence-corrected chi connectivity index (χ0v) is 11.0. The van der Waals surface area contributed by atoms with Crippen molar-refractivity contribution in [1.29, 1.82) is 0 Å². The lowest BCUT2D eigenvalue weighted by atomic mass is 9.93. The lowest BCUT2D eigenvalue weighted by molar-refractivity contribution is 0.428. The van der Waals surface area contributed by atoms with Gasteiger partial charge in [-0.3, -0.25) is 0 Å². The Hall–Kier alpha value is -0.870. The molecule has 0 N–H and O–H groups in total. The highest BCUT2D eigenvalue weighted by molar-refractivity contribution is 7.15. The summed E-state index contributed by atoms with van der Waals surface area (Å²) >= 11 is 3.40. The molecule has 2 heterocycles. The SMILES string of the molecule is CCc1sc(OC)c2c1CCc1cnsc1-2. The maximum absolute atomic E-state index is 5.52. The van der Waals surface area contributed by atoms with Crippen LogP contribution in [0.15, 0.2) is 6.20 Å². The summed E-state index contributed by atoms with van der Waals surface area (Å²) in [5, 5.41) is 1.07. The number of hydrogen-bond donors (Lipinski definition) is 0. The highest BCUT2D eigenvalue weighted by Crippen LogP contribution is 2.48. The van der Waals surface area contributed by atoms with E-state index in [0.717, 1.165) is 24.3 Å². The molecule has 1 aliphatic rings. The van der Waals surface area contributed by atoms with Crippen LogP contribution in [0, 0.1) is 0 Å². The molecule has 0 aliphatic heterocycles. The number of rotatable bonds is 2. The first-order chi connectivity index (χ1) is 7.85. The fraction of sp³-hybridized carbons (Fsp3) is 0.417. The van der Waals surface area contributed by atoms with E-state index in [1.165, 1.54) is 26.4 Å². The predicted molar refractivity (Wildman–Crippen MR) is 68.8 cm³/mol. The molecule has 2 nitrogen and oxygen atoms in total. The van der Waals surface area contributed by atoms with Gasteiger partial charge in [0, 0.05) is 11.1 Å². The third-order valence-electron chi connectivity index (χ3n) is 3.08. The number of fused-ring (bicyclic) bond motifs is 3. The van der Waals surface area contributed by atoms with Gasteiger partial charge in [-0.15, -0.1) is 11.3 Å². The van der Waals surface area contributed by atoms with E-state index in [9.17, 15) is 0 Å². The van der Waals surface area contributed by atoms with Gasteiger partial charge in [0.2, 0.25) is 0 Å². The van der Waals surface area contributed by atoms with Crippen LogP contribution in [0.1, 0.15) is 22.9 Å². The molecule has 0 fully saturated rings. The molecule has 16 heavy (non-hydrogen) atoms. The predicted octanol–water partition coefficient (Wildman–Crippen LogP) is 3.54. The highest BCUT2D eigenvalue weighted by Gasteiger charge is 2.26. The maximum Gasteiger partial charge on any atom is 0.182 e. The van der Waals surface area contributed by atoms with Gasteiger partial charge < -0.3 is 4.74 Å². The van der Waals surface area contributed by atoms with E-state index in [0.29, 0.717) is 0 Å². The van der Waals surface area contributed by atoms with Crippen molar-refractivity contribution in [2.45, 2.75) is 26.2 Å². The Labute approximate surface area is 103 Å². The van der Waals surface area contributed by atoms with Crippen molar-refractivity contribution in [2.24, 2.45) is 0 Å². The Morgan fingerprint density at radius 2 is 2.31 bits per heavy atom. The van der Waals surface area contributed by atoms with Crippen molar-refractivity contribution >= 4 is 22.9 Å². The monoisotopic (exact) mass is 251 g/mol. The van der Waals surface area contributed by atoms with E-state index in [1.54, 1.807) is 30.0 Å². The molecule has 0 unspecified atom stereocenters. The average Bonchev–Trinajstić information content (AvgIpc) is 2.91. The molecule has 0 amide bonds. The zero-order chi connectivity index (χ0) is 11.1. The number of ether oxygens (including phenoxy) is 1. The first-order valence-electron chi connectivity index (χ1n) is 5.47. The van der Waals surface area contributed by atoms with Crippen LogP contribution in [0.5, 0.6) is 5.06 Å². The molecule has 0 aromatic carbocycles. The molecule has 1 aliphatic carbocycles. The Morgan fingerprint density at radius 3 is 3.06 bits per heavy atom. The number of aromatic nitrogens is 1. The van der Waals surface area contributed by atoms with Crippen LogP contribution in [0.4, 0.5) is 0 Å². The number of methoxy groups -OCH3 is 1. The fourth-order valence-corrected chi connectivity index (χ4v) is 4.35. The van der Waals surface area contributed by atoms with Crippen molar-refractivity contribution < 1.29 is 4.74 Å². The third kappa shape index (κ3) is 1.33. The second-order valence-electron chi connectivity index (χ2n) is 3.90. The summed E-state index contributed by atoms with van der Waals surface area (Å²) in [5.74, 6) is 0. The summed E-state index contributed by atoms with van der Waals surface area (Å²) in [6.45, 7) is 2.22. The Balaban J connectivity index is 2.26. The van der Waals surface area contributed by atoms with E-state index in [2.05, 4.69) is 11.3 Å². The van der Waals surface area contributed by atoms with Crippen LogP contribution >= 0.6 is 22.9 Å². The van der Waals surface area contributed by atoms with Gasteiger partial charge in [-0.05, 0) is 41.9 Å². The summed E-state index contributed by atoms with van der Waals surface area (Å²) in [7, 11) is 1.76. The molecule has 0 bridgehead atoms. The molecule has 84 valence electrons. The van der Waals surface area contributed by atoms with Gasteiger partial charge in [0.05, 0.1) is 17.6 Å². The molecular weight excluding hydrogens is 238 g/mol. The highest BCUT2D eigenvalue weighted by atomic mass is 32.1. The minimum absolute atomic E-state index is 1.07. The summed E-state index contributed by atoms with van der Waals surface area (Å²) in [4.78, 5) is 2.81. The van der Waals surface area contributed by atoms with Gasteiger partial charge in [0.25, 0.3) is 0 Å². The molecule has 4 heteroatoms. The Kier molecular flexibility index (Phi) is 2.48. The summed E-state index contributed by atoms with van der Waals surface area (Å²) in [5.41, 5.74) is 4.21. The van der Waals surface area contributed by atoms with Gasteiger partial charge in [-0.25, -0.2) is 4.37 Å². The van der Waals surface area contributed by atoms with E-state index in [4.69, 9.17) is 4.74 Å². The number of aryl methyl sites for hydroxylation is 2. The topological polar surface area (TPSA) is 22.1 Å². The maximum atomic E-state index is 5.52. The van der Waals surface area contributed by atoms with Crippen LogP contribution in [-0.2, 0) is 19.3 Å². The molecule has 0 saturated carbocycles. The van der Waals surface area contributed by atoms with Gasteiger partial charge in [0.15, 0.2) is 5.06 Å². The van der Waals surface area contributed by atoms with Gasteiger partial charge in [-0.1, -0.05) is 6.92 Å². The van der Waals surface area contributed by atoms with E-state index in [-0.39, 0.29) is 0 Å². The first-order valence-corrected chi connectivity index (χ1v) is 7.06. The zero-order valence-electron chi connectivity index (χ0n) is 9.37. The fourth-order valence-electron chi connectivity index (χ4n) is 2.31. The quantitative estimate of drug-likeness (QED) is 0.814. The number of thiophene rings is 1. The van der Waals surface area contributed by atoms with Crippen LogP contribution in [0.2, 0.25) is 0 Å². The van der Waals surface area contributed by atoms with Gasteiger partial charge >= 0.3 is 0 Å². The summed E-state index contributed by atoms with van der Waals surface area (Å²) in [6.07, 6.45) is 5.38. The first kappa shape index (κ1) is 10.3. The van der Waals surface area contributed by atoms with Crippen LogP contribution < -0.4 is 4.74 Å². The van der Waals surface area contributed by atoms with Crippen LogP contribution in [0.3, 0.4) is 0 Å². The van der Waals surface area contributed by atoms with Crippen LogP contribution in [0.25, 0.3) is 10.4 Å². The van der Waals surface area contributed by atoms with E-state index >= 15 is 0 Å². The largest absolute Gasteiger partial charge is 0.487 e. The average molecular weight is 251 g/mol. The Morgan fingerprint density at radius 1 is 1.44 bits per heavy atom. The van der Waals surface area contributed by atoms with Crippen LogP contribution in [-0.4, -0.2) is 11.5 Å². The second-order valence-corrected chi connectivity index (χ2v) is 5.77. The van der Waals surface area contributed by atoms with E-state index in [1.807, 2.05) is 6.20 Å². The smallest absolute Gasteiger partial charge is 0.182 e. The third-order valence-corrected chi connectivity index (χ3v) is 5.28. The summed E-state index contributed by atoms with van der Waals surface area (Å²) < 4.78 is 9.82. The van der Waals surface area contributed by atoms with Crippen molar-refractivity contribution in [3.05, 3.63) is 22.2 Å². The molecule has 3 rings (SSSR count). The van der Waals surface area contributed by atoms with Crippen molar-refractivity contribution in [1.82, 2.24) is 4.37 Å². The van der Waals surface area contributed by atoms with Crippen molar-refractivity contribution in [3.63, 3.8) is 0 Å². The van der Waals surface area contributed by atoms with Crippen molar-refractivity contribution in [3.8, 4) is 15.5 Å². The molecule has 2 aromatic rings. The molecule has 2 aromatic heterocycles. The normalized spacial score (nSPS) is 13.4. The molecule has 0 atom stereocenters. The van der Waals surface area contributed by atoms with Gasteiger partial charge in [-0.2, -0.15) is 0 Å². The lowest BCUT2D eigenvalue weighted by Crippen LogP contribution is -2.01. The molecular formula is C12H13NOS2. The lowest BCUT2D eigenvalue weighted by Gasteiger charge is -2.13. The minimum atomic E-state index is 1.07. The number of nitrogens with zero attached hydrogens (tertiary/aromatic N) is 1. The van der Waals surface area contributed by atoms with E-state index < -0.39 is 0 Å². The molecule has 0 saturated heterocycles. The molecule has 0 radical (unpaired) electrons. The van der Waals surface area contributed by atoms with Gasteiger partial charge in [0.1, 0.15) is 0 Å². The second kappa shape index (κ2) is 3.86.